The van der Waals surface area contributed by atoms with Crippen LogP contribution in [0.2, 0.25) is 0 Å². The van der Waals surface area contributed by atoms with E-state index in [1.807, 2.05) is 79.1 Å². The lowest BCUT2D eigenvalue weighted by Crippen LogP contribution is -2.37. The van der Waals surface area contributed by atoms with Gasteiger partial charge in [0.25, 0.3) is 0 Å². The fourth-order valence-corrected chi connectivity index (χ4v) is 5.31. The van der Waals surface area contributed by atoms with Crippen LogP contribution in [-0.4, -0.2) is 10.4 Å². The molecule has 0 saturated carbocycles. The van der Waals surface area contributed by atoms with Crippen molar-refractivity contribution in [1.82, 2.24) is 4.57 Å². The first-order chi connectivity index (χ1) is 20.1. The summed E-state index contributed by atoms with van der Waals surface area (Å²) < 4.78 is 48.7. The molecule has 0 saturated heterocycles. The van der Waals surface area contributed by atoms with Gasteiger partial charge in [0.1, 0.15) is 5.58 Å². The predicted octanol–water partition coefficient (Wildman–Crippen LogP) is 7.19. The van der Waals surface area contributed by atoms with Crippen LogP contribution in [0.5, 0.6) is 0 Å². The number of fused-ring (bicyclic) bond motifs is 2. The Kier molecular flexibility index (Phi) is 6.77. The first-order valence-electron chi connectivity index (χ1n) is 13.4. The van der Waals surface area contributed by atoms with Crippen molar-refractivity contribution in [1.29, 1.82) is 0 Å². The van der Waals surface area contributed by atoms with E-state index in [9.17, 15) is 22.8 Å². The summed E-state index contributed by atoms with van der Waals surface area (Å²) in [5.41, 5.74) is 4.24. The molecule has 0 fully saturated rings. The molecule has 0 aliphatic heterocycles. The summed E-state index contributed by atoms with van der Waals surface area (Å²) in [6.07, 6.45) is -2.70. The third-order valence-electron chi connectivity index (χ3n) is 7.65. The summed E-state index contributed by atoms with van der Waals surface area (Å²) in [5.74, 6) is -0.340. The van der Waals surface area contributed by atoms with E-state index in [1.54, 1.807) is 23.0 Å². The number of para-hydroxylation sites is 1. The molecule has 4 aromatic carbocycles. The van der Waals surface area contributed by atoms with Gasteiger partial charge in [-0.2, -0.15) is 13.2 Å². The lowest BCUT2D eigenvalue weighted by atomic mass is 9.98. The van der Waals surface area contributed by atoms with Gasteiger partial charge in [-0.05, 0) is 61.4 Å². The van der Waals surface area contributed by atoms with Crippen LogP contribution in [0.15, 0.2) is 113 Å². The summed E-state index contributed by atoms with van der Waals surface area (Å²) in [7, 11) is 0. The second kappa shape index (κ2) is 10.4. The molecular formula is C34H26F3N2O3+. The maximum atomic E-state index is 13.4. The van der Waals surface area contributed by atoms with Gasteiger partial charge in [-0.15, -0.1) is 0 Å². The number of aromatic nitrogens is 2. The van der Waals surface area contributed by atoms with Crippen molar-refractivity contribution >= 4 is 27.8 Å². The third-order valence-corrected chi connectivity index (χ3v) is 7.65. The summed E-state index contributed by atoms with van der Waals surface area (Å²) in [4.78, 5) is 26.7. The van der Waals surface area contributed by atoms with Gasteiger partial charge in [0.05, 0.1) is 11.1 Å². The van der Waals surface area contributed by atoms with Crippen LogP contribution in [0.1, 0.15) is 44.2 Å². The Hall–Kier alpha value is -4.98. The largest absolute Gasteiger partial charge is 0.422 e. The molecule has 210 valence electrons. The van der Waals surface area contributed by atoms with Crippen molar-refractivity contribution in [3.63, 3.8) is 0 Å². The van der Waals surface area contributed by atoms with Crippen molar-refractivity contribution in [2.75, 3.05) is 0 Å². The average Bonchev–Trinajstić information content (AvgIpc) is 3.29. The molecule has 0 N–H and O–H groups in total. The second-order valence-electron chi connectivity index (χ2n) is 10.4. The number of imidazole rings is 1. The Bertz CT molecular complexity index is 2010. The molecule has 6 rings (SSSR count). The smallest absolute Gasteiger partial charge is 0.416 e. The Morgan fingerprint density at radius 3 is 2.26 bits per heavy atom. The molecule has 1 unspecified atom stereocenters. The number of aryl methyl sites for hydroxylation is 2. The van der Waals surface area contributed by atoms with Gasteiger partial charge in [-0.25, -0.2) is 13.9 Å². The van der Waals surface area contributed by atoms with Crippen LogP contribution in [-0.2, 0) is 12.7 Å². The lowest BCUT2D eigenvalue weighted by Gasteiger charge is -2.15. The number of carbonyl (C=O) groups excluding carboxylic acids is 1. The number of Topliss-reactive ketones (excluding diaryl/α,β-unsaturated/α-hetero) is 1. The van der Waals surface area contributed by atoms with Crippen LogP contribution in [0.3, 0.4) is 0 Å². The van der Waals surface area contributed by atoms with Crippen molar-refractivity contribution in [3.05, 3.63) is 147 Å². The molecule has 6 aromatic rings. The van der Waals surface area contributed by atoms with Crippen LogP contribution in [0.4, 0.5) is 13.2 Å². The zero-order chi connectivity index (χ0) is 29.6. The average molecular weight is 568 g/mol. The molecule has 0 aliphatic carbocycles. The van der Waals surface area contributed by atoms with Gasteiger partial charge in [0.2, 0.25) is 12.1 Å². The first kappa shape index (κ1) is 27.2. The van der Waals surface area contributed by atoms with E-state index >= 15 is 0 Å². The maximum Gasteiger partial charge on any atom is 0.416 e. The highest BCUT2D eigenvalue weighted by Crippen LogP contribution is 2.31. The summed E-state index contributed by atoms with van der Waals surface area (Å²) >= 11 is 0. The maximum absolute atomic E-state index is 13.4. The summed E-state index contributed by atoms with van der Waals surface area (Å²) in [6.45, 7) is 3.86. The van der Waals surface area contributed by atoms with E-state index in [0.717, 1.165) is 45.2 Å². The van der Waals surface area contributed by atoms with E-state index in [0.29, 0.717) is 11.1 Å². The molecule has 2 aromatic heterocycles. The minimum atomic E-state index is -4.49. The van der Waals surface area contributed by atoms with E-state index in [1.165, 1.54) is 12.1 Å². The number of benzene rings is 4. The normalized spacial score (nSPS) is 12.6. The zero-order valence-electron chi connectivity index (χ0n) is 22.9. The monoisotopic (exact) mass is 567 g/mol. The number of hydrogen-bond acceptors (Lipinski definition) is 3. The number of hydrogen-bond donors (Lipinski definition) is 0. The van der Waals surface area contributed by atoms with Gasteiger partial charge < -0.3 is 4.42 Å². The zero-order valence-corrected chi connectivity index (χ0v) is 22.9. The van der Waals surface area contributed by atoms with E-state index in [-0.39, 0.29) is 17.9 Å². The van der Waals surface area contributed by atoms with Crippen LogP contribution >= 0.6 is 0 Å². The molecule has 0 amide bonds. The molecular weight excluding hydrogens is 541 g/mol. The van der Waals surface area contributed by atoms with Crippen molar-refractivity contribution in [2.24, 2.45) is 0 Å². The number of ketones is 1. The van der Waals surface area contributed by atoms with E-state index in [4.69, 9.17) is 4.42 Å². The molecule has 0 bridgehead atoms. The molecule has 1 atom stereocenters. The SMILES string of the molecule is Cc1cc2c(cc1C)[n+](CC(=O)c1ccc(C(F)(F)F)cc1)cn2C(c1ccccc1)c1cc2ccccc2oc1=O. The number of carbonyl (C=O) groups is 1. The minimum absolute atomic E-state index is 0.106. The number of rotatable bonds is 6. The fourth-order valence-electron chi connectivity index (χ4n) is 5.31. The van der Waals surface area contributed by atoms with Gasteiger partial charge in [-0.3, -0.25) is 4.79 Å². The molecule has 0 spiro atoms. The molecule has 0 radical (unpaired) electrons. The summed E-state index contributed by atoms with van der Waals surface area (Å²) in [5, 5.41) is 0.780. The molecule has 2 heterocycles. The first-order valence-corrected chi connectivity index (χ1v) is 13.4. The lowest BCUT2D eigenvalue weighted by molar-refractivity contribution is -0.658. The molecule has 0 aliphatic rings. The van der Waals surface area contributed by atoms with Crippen LogP contribution < -0.4 is 10.2 Å². The van der Waals surface area contributed by atoms with Crippen molar-refractivity contribution in [3.8, 4) is 0 Å². The quantitative estimate of drug-likeness (QED) is 0.122. The Morgan fingerprint density at radius 2 is 1.55 bits per heavy atom. The Labute approximate surface area is 239 Å². The number of nitrogens with zero attached hydrogens (tertiary/aromatic N) is 2. The number of halogens is 3. The van der Waals surface area contributed by atoms with Crippen LogP contribution in [0, 0.1) is 13.8 Å². The number of alkyl halides is 3. The Balaban J connectivity index is 1.52. The highest BCUT2D eigenvalue weighted by Gasteiger charge is 2.32. The second-order valence-corrected chi connectivity index (χ2v) is 10.4. The molecule has 42 heavy (non-hydrogen) atoms. The minimum Gasteiger partial charge on any atom is -0.422 e. The predicted molar refractivity (Wildman–Crippen MR) is 154 cm³/mol. The summed E-state index contributed by atoms with van der Waals surface area (Å²) in [6, 6.07) is 26.4. The topological polar surface area (TPSA) is 56.1 Å². The van der Waals surface area contributed by atoms with Crippen molar-refractivity contribution < 1.29 is 27.0 Å². The third kappa shape index (κ3) is 5.00. The fraction of sp³-hybridized carbons (Fsp3) is 0.147. The van der Waals surface area contributed by atoms with Gasteiger partial charge in [-0.1, -0.05) is 60.7 Å². The Morgan fingerprint density at radius 1 is 0.881 bits per heavy atom. The van der Waals surface area contributed by atoms with E-state index < -0.39 is 23.4 Å². The highest BCUT2D eigenvalue weighted by atomic mass is 19.4. The van der Waals surface area contributed by atoms with Gasteiger partial charge in [0.15, 0.2) is 23.6 Å². The van der Waals surface area contributed by atoms with Gasteiger partial charge in [0, 0.05) is 16.5 Å². The van der Waals surface area contributed by atoms with E-state index in [2.05, 4.69) is 0 Å². The molecule has 8 heteroatoms. The van der Waals surface area contributed by atoms with Crippen molar-refractivity contribution in [2.45, 2.75) is 32.6 Å². The molecule has 5 nitrogen and oxygen atoms in total. The van der Waals surface area contributed by atoms with Gasteiger partial charge >= 0.3 is 11.8 Å². The standard InChI is InChI=1S/C34H26F3N2O3/c1-21-16-28-29(17-22(21)2)39(20-38(28)19-30(40)23-12-14-26(15-13-23)34(35,36)37)32(24-8-4-3-5-9-24)27-18-25-10-6-7-11-31(25)42-33(27)41/h3-18,20,32H,19H2,1-2H3/q+1. The van der Waals surface area contributed by atoms with Crippen LogP contribution in [0.25, 0.3) is 22.0 Å². The highest BCUT2D eigenvalue weighted by molar-refractivity contribution is 5.95.